The largest absolute Gasteiger partial charge is 0.256 e. The lowest BCUT2D eigenvalue weighted by molar-refractivity contribution is 0.582. The monoisotopic (exact) mass is 362 g/mol. The van der Waals surface area contributed by atoms with Gasteiger partial charge in [0.1, 0.15) is 5.15 Å². The average Bonchev–Trinajstić information content (AvgIpc) is 3.03. The lowest BCUT2D eigenvalue weighted by atomic mass is 10.1. The molecule has 0 radical (unpaired) electrons. The molecule has 1 atom stereocenters. The number of nitrogens with zero attached hydrogens (tertiary/aromatic N) is 1. The Bertz CT molecular complexity index is 446. The zero-order valence-corrected chi connectivity index (χ0v) is 14.9. The van der Waals surface area contributed by atoms with Crippen LogP contribution in [0.1, 0.15) is 50.9 Å². The van der Waals surface area contributed by atoms with Crippen LogP contribution in [0.5, 0.6) is 0 Å². The molecule has 2 rings (SSSR count). The zero-order chi connectivity index (χ0) is 14.2. The SMILES string of the molecule is Cc1cc(Br)c(C(NSC(C)(C)C)C2CC2)c(Cl)n1. The van der Waals surface area contributed by atoms with Gasteiger partial charge < -0.3 is 0 Å². The molecule has 0 aliphatic heterocycles. The lowest BCUT2D eigenvalue weighted by Crippen LogP contribution is -2.24. The summed E-state index contributed by atoms with van der Waals surface area (Å²) in [4.78, 5) is 4.40. The summed E-state index contributed by atoms with van der Waals surface area (Å²) in [5, 5.41) is 0.616. The lowest BCUT2D eigenvalue weighted by Gasteiger charge is -2.25. The molecule has 1 saturated carbocycles. The average molecular weight is 364 g/mol. The molecular formula is C14H20BrClN2S. The van der Waals surface area contributed by atoms with Gasteiger partial charge in [-0.2, -0.15) is 0 Å². The van der Waals surface area contributed by atoms with Crippen molar-refractivity contribution in [2.24, 2.45) is 5.92 Å². The van der Waals surface area contributed by atoms with Crippen molar-refractivity contribution >= 4 is 39.5 Å². The normalized spacial score (nSPS) is 17.6. The highest BCUT2D eigenvalue weighted by atomic mass is 79.9. The smallest absolute Gasteiger partial charge is 0.135 e. The van der Waals surface area contributed by atoms with Crippen molar-refractivity contribution in [3.63, 3.8) is 0 Å². The summed E-state index contributed by atoms with van der Waals surface area (Å²) in [5.41, 5.74) is 2.05. The van der Waals surface area contributed by atoms with Crippen molar-refractivity contribution < 1.29 is 0 Å². The summed E-state index contributed by atoms with van der Waals surface area (Å²) in [7, 11) is 0. The number of aromatic nitrogens is 1. The second kappa shape index (κ2) is 5.92. The van der Waals surface area contributed by atoms with Gasteiger partial charge in [0.05, 0.1) is 0 Å². The molecular weight excluding hydrogens is 344 g/mol. The van der Waals surface area contributed by atoms with E-state index < -0.39 is 0 Å². The molecule has 19 heavy (non-hydrogen) atoms. The van der Waals surface area contributed by atoms with Crippen LogP contribution < -0.4 is 4.72 Å². The van der Waals surface area contributed by atoms with E-state index in [1.165, 1.54) is 12.8 Å². The van der Waals surface area contributed by atoms with Gasteiger partial charge in [0, 0.05) is 26.5 Å². The van der Waals surface area contributed by atoms with Crippen LogP contribution in [0.15, 0.2) is 10.5 Å². The van der Waals surface area contributed by atoms with Crippen molar-refractivity contribution in [1.29, 1.82) is 0 Å². The van der Waals surface area contributed by atoms with Gasteiger partial charge in [-0.05, 0) is 52.5 Å². The molecule has 1 aliphatic rings. The van der Waals surface area contributed by atoms with Gasteiger partial charge in [-0.3, -0.25) is 4.72 Å². The van der Waals surface area contributed by atoms with Crippen LogP contribution in [0, 0.1) is 12.8 Å². The van der Waals surface area contributed by atoms with Crippen LogP contribution >= 0.6 is 39.5 Å². The Hall–Kier alpha value is 0.230. The molecule has 1 N–H and O–H groups in total. The molecule has 1 heterocycles. The minimum atomic E-state index is 0.185. The molecule has 1 unspecified atom stereocenters. The van der Waals surface area contributed by atoms with E-state index in [9.17, 15) is 0 Å². The summed E-state index contributed by atoms with van der Waals surface area (Å²) >= 11 is 11.8. The molecule has 1 aromatic heterocycles. The maximum Gasteiger partial charge on any atom is 0.135 e. The Morgan fingerprint density at radius 1 is 1.47 bits per heavy atom. The van der Waals surface area contributed by atoms with Crippen molar-refractivity contribution in [3.05, 3.63) is 26.9 Å². The predicted octanol–water partition coefficient (Wildman–Crippen LogP) is 5.29. The van der Waals surface area contributed by atoms with Crippen LogP contribution in [-0.4, -0.2) is 9.73 Å². The third kappa shape index (κ3) is 4.35. The minimum absolute atomic E-state index is 0.185. The van der Waals surface area contributed by atoms with E-state index in [4.69, 9.17) is 11.6 Å². The first-order chi connectivity index (χ1) is 8.78. The maximum absolute atomic E-state index is 6.36. The van der Waals surface area contributed by atoms with E-state index in [1.54, 1.807) is 11.9 Å². The van der Waals surface area contributed by atoms with E-state index in [0.29, 0.717) is 11.1 Å². The molecule has 0 aromatic carbocycles. The molecule has 2 nitrogen and oxygen atoms in total. The maximum atomic E-state index is 6.36. The molecule has 0 spiro atoms. The molecule has 0 bridgehead atoms. The van der Waals surface area contributed by atoms with Gasteiger partial charge in [-0.25, -0.2) is 4.98 Å². The summed E-state index contributed by atoms with van der Waals surface area (Å²) in [6, 6.07) is 2.32. The predicted molar refractivity (Wildman–Crippen MR) is 87.6 cm³/mol. The van der Waals surface area contributed by atoms with E-state index in [2.05, 4.69) is 46.4 Å². The molecule has 1 aromatic rings. The molecule has 1 fully saturated rings. The summed E-state index contributed by atoms with van der Waals surface area (Å²) < 4.78 is 4.85. The Balaban J connectivity index is 2.24. The van der Waals surface area contributed by atoms with Crippen LogP contribution in [0.25, 0.3) is 0 Å². The fourth-order valence-corrected chi connectivity index (χ4v) is 3.97. The Morgan fingerprint density at radius 2 is 2.11 bits per heavy atom. The first-order valence-electron chi connectivity index (χ1n) is 6.54. The van der Waals surface area contributed by atoms with Crippen LogP contribution in [0.2, 0.25) is 5.15 Å². The third-order valence-corrected chi connectivity index (χ3v) is 4.91. The topological polar surface area (TPSA) is 24.9 Å². The summed E-state index contributed by atoms with van der Waals surface area (Å²) in [6.45, 7) is 8.58. The fraction of sp³-hybridized carbons (Fsp3) is 0.643. The Morgan fingerprint density at radius 3 is 2.58 bits per heavy atom. The van der Waals surface area contributed by atoms with Gasteiger partial charge in [0.25, 0.3) is 0 Å². The van der Waals surface area contributed by atoms with Gasteiger partial charge >= 0.3 is 0 Å². The number of pyridine rings is 1. The number of hydrogen-bond donors (Lipinski definition) is 1. The van der Waals surface area contributed by atoms with Gasteiger partial charge in [-0.15, -0.1) is 0 Å². The molecule has 106 valence electrons. The highest BCUT2D eigenvalue weighted by Gasteiger charge is 2.35. The number of rotatable bonds is 4. The molecule has 0 saturated heterocycles. The number of hydrogen-bond acceptors (Lipinski definition) is 3. The van der Waals surface area contributed by atoms with E-state index in [0.717, 1.165) is 15.7 Å². The fourth-order valence-electron chi connectivity index (χ4n) is 1.94. The minimum Gasteiger partial charge on any atom is -0.256 e. The van der Waals surface area contributed by atoms with Crippen LogP contribution in [0.4, 0.5) is 0 Å². The highest BCUT2D eigenvalue weighted by Crippen LogP contribution is 2.46. The van der Waals surface area contributed by atoms with Crippen molar-refractivity contribution in [2.75, 3.05) is 0 Å². The zero-order valence-electron chi connectivity index (χ0n) is 11.8. The van der Waals surface area contributed by atoms with Gasteiger partial charge in [-0.1, -0.05) is 39.5 Å². The van der Waals surface area contributed by atoms with Crippen molar-refractivity contribution in [1.82, 2.24) is 9.71 Å². The molecule has 5 heteroatoms. The van der Waals surface area contributed by atoms with E-state index in [-0.39, 0.29) is 10.8 Å². The first-order valence-corrected chi connectivity index (χ1v) is 8.53. The van der Waals surface area contributed by atoms with Crippen molar-refractivity contribution in [2.45, 2.75) is 51.3 Å². The summed E-state index contributed by atoms with van der Waals surface area (Å²) in [5.74, 6) is 0.674. The van der Waals surface area contributed by atoms with Gasteiger partial charge in [0.15, 0.2) is 0 Å². The molecule has 0 amide bonds. The van der Waals surface area contributed by atoms with Gasteiger partial charge in [0.2, 0.25) is 0 Å². The second-order valence-electron chi connectivity index (χ2n) is 6.10. The van der Waals surface area contributed by atoms with E-state index >= 15 is 0 Å². The Labute approximate surface area is 133 Å². The Kier molecular flexibility index (Phi) is 4.87. The molecule has 1 aliphatic carbocycles. The number of nitrogens with one attached hydrogen (secondary N) is 1. The van der Waals surface area contributed by atoms with Crippen LogP contribution in [-0.2, 0) is 0 Å². The first kappa shape index (κ1) is 15.6. The van der Waals surface area contributed by atoms with E-state index in [1.807, 2.05) is 13.0 Å². The third-order valence-electron chi connectivity index (χ3n) is 2.99. The summed E-state index contributed by atoms with van der Waals surface area (Å²) in [6.07, 6.45) is 2.53. The number of aryl methyl sites for hydroxylation is 1. The number of halogens is 2. The highest BCUT2D eigenvalue weighted by molar-refractivity contribution is 9.10. The standard InChI is InChI=1S/C14H20BrClN2S/c1-8-7-10(15)11(13(16)17-8)12(9-5-6-9)18-19-14(2,3)4/h7,9,12,18H,5-6H2,1-4H3. The quantitative estimate of drug-likeness (QED) is 0.581. The van der Waals surface area contributed by atoms with Crippen molar-refractivity contribution in [3.8, 4) is 0 Å². The second-order valence-corrected chi connectivity index (χ2v) is 8.97. The van der Waals surface area contributed by atoms with Crippen LogP contribution in [0.3, 0.4) is 0 Å².